The standard InChI is InChI=1S/C14H19N3O.ClH/c18-12-5-4-10-3-1-2-7-14(10)13-11(15-9-16-13)6-8-17(12)14;/h9-10H,1-8H2,(H,15,16);1H. The Morgan fingerprint density at radius 2 is 2.21 bits per heavy atom. The molecule has 2 unspecified atom stereocenters. The van der Waals surface area contributed by atoms with E-state index in [4.69, 9.17) is 0 Å². The van der Waals surface area contributed by atoms with Crippen molar-refractivity contribution in [2.24, 2.45) is 5.92 Å². The lowest BCUT2D eigenvalue weighted by Crippen LogP contribution is -2.61. The molecular weight excluding hydrogens is 262 g/mol. The van der Waals surface area contributed by atoms with Gasteiger partial charge in [-0.3, -0.25) is 4.79 Å². The van der Waals surface area contributed by atoms with E-state index in [1.807, 2.05) is 6.33 Å². The normalized spacial score (nSPS) is 32.9. The molecule has 2 aliphatic heterocycles. The summed E-state index contributed by atoms with van der Waals surface area (Å²) in [4.78, 5) is 22.4. The van der Waals surface area contributed by atoms with Crippen molar-refractivity contribution in [3.05, 3.63) is 17.7 Å². The van der Waals surface area contributed by atoms with Crippen molar-refractivity contribution < 1.29 is 4.79 Å². The van der Waals surface area contributed by atoms with Gasteiger partial charge in [-0.2, -0.15) is 0 Å². The summed E-state index contributed by atoms with van der Waals surface area (Å²) in [5.74, 6) is 0.980. The van der Waals surface area contributed by atoms with Crippen molar-refractivity contribution in [2.45, 2.75) is 50.5 Å². The van der Waals surface area contributed by atoms with Gasteiger partial charge in [-0.05, 0) is 25.2 Å². The number of amides is 1. The highest BCUT2D eigenvalue weighted by Crippen LogP contribution is 2.52. The van der Waals surface area contributed by atoms with Crippen molar-refractivity contribution >= 4 is 18.3 Å². The summed E-state index contributed by atoms with van der Waals surface area (Å²) in [5.41, 5.74) is 2.40. The lowest BCUT2D eigenvalue weighted by atomic mass is 9.64. The summed E-state index contributed by atoms with van der Waals surface area (Å²) >= 11 is 0. The van der Waals surface area contributed by atoms with Crippen molar-refractivity contribution in [1.29, 1.82) is 0 Å². The van der Waals surface area contributed by atoms with Gasteiger partial charge in [0.05, 0.1) is 17.6 Å². The first-order valence-electron chi connectivity index (χ1n) is 7.15. The summed E-state index contributed by atoms with van der Waals surface area (Å²) < 4.78 is 0. The van der Waals surface area contributed by atoms with Crippen LogP contribution in [0.2, 0.25) is 0 Å². The largest absolute Gasteiger partial charge is 0.348 e. The zero-order valence-electron chi connectivity index (χ0n) is 11.0. The highest BCUT2D eigenvalue weighted by atomic mass is 35.5. The van der Waals surface area contributed by atoms with Crippen molar-refractivity contribution in [2.75, 3.05) is 6.54 Å². The predicted octanol–water partition coefficient (Wildman–Crippen LogP) is 2.40. The molecule has 1 aliphatic carbocycles. The van der Waals surface area contributed by atoms with Gasteiger partial charge in [0.25, 0.3) is 0 Å². The number of halogens is 1. The van der Waals surface area contributed by atoms with Gasteiger partial charge in [0.15, 0.2) is 0 Å². The molecule has 1 aromatic heterocycles. The first-order chi connectivity index (χ1) is 8.82. The molecule has 4 nitrogen and oxygen atoms in total. The number of hydrogen-bond acceptors (Lipinski definition) is 2. The van der Waals surface area contributed by atoms with E-state index in [-0.39, 0.29) is 17.9 Å². The van der Waals surface area contributed by atoms with E-state index >= 15 is 0 Å². The van der Waals surface area contributed by atoms with Crippen LogP contribution in [-0.4, -0.2) is 27.3 Å². The van der Waals surface area contributed by atoms with E-state index < -0.39 is 0 Å². The number of piperidine rings is 1. The maximum Gasteiger partial charge on any atom is 0.223 e. The third kappa shape index (κ3) is 1.59. The lowest BCUT2D eigenvalue weighted by molar-refractivity contribution is -0.152. The van der Waals surface area contributed by atoms with Crippen LogP contribution in [0.1, 0.15) is 49.9 Å². The minimum atomic E-state index is -0.0544. The predicted molar refractivity (Wildman–Crippen MR) is 74.1 cm³/mol. The van der Waals surface area contributed by atoms with Crippen LogP contribution < -0.4 is 0 Å². The van der Waals surface area contributed by atoms with Crippen molar-refractivity contribution in [1.82, 2.24) is 14.9 Å². The number of nitrogens with zero attached hydrogens (tertiary/aromatic N) is 2. The van der Waals surface area contributed by atoms with E-state index in [2.05, 4.69) is 14.9 Å². The topological polar surface area (TPSA) is 49.0 Å². The Kier molecular flexibility index (Phi) is 3.08. The molecule has 1 aromatic rings. The van der Waals surface area contributed by atoms with Crippen LogP contribution in [-0.2, 0) is 16.8 Å². The molecule has 0 radical (unpaired) electrons. The molecule has 3 heterocycles. The van der Waals surface area contributed by atoms with Crippen molar-refractivity contribution in [3.63, 3.8) is 0 Å². The molecule has 1 saturated carbocycles. The number of aromatic amines is 1. The van der Waals surface area contributed by atoms with Crippen LogP contribution in [0.3, 0.4) is 0 Å². The first-order valence-corrected chi connectivity index (χ1v) is 7.15. The zero-order chi connectivity index (χ0) is 12.2. The van der Waals surface area contributed by atoms with E-state index in [1.165, 1.54) is 30.7 Å². The van der Waals surface area contributed by atoms with Crippen LogP contribution in [0, 0.1) is 5.92 Å². The van der Waals surface area contributed by atoms with E-state index in [9.17, 15) is 4.79 Å². The molecule has 3 aliphatic rings. The summed E-state index contributed by atoms with van der Waals surface area (Å²) in [6.45, 7) is 0.879. The second kappa shape index (κ2) is 4.51. The lowest BCUT2D eigenvalue weighted by Gasteiger charge is -2.55. The summed E-state index contributed by atoms with van der Waals surface area (Å²) in [7, 11) is 0. The molecule has 1 saturated heterocycles. The zero-order valence-corrected chi connectivity index (χ0v) is 11.8. The molecule has 19 heavy (non-hydrogen) atoms. The average Bonchev–Trinajstić information content (AvgIpc) is 2.87. The molecule has 2 atom stereocenters. The number of aromatic nitrogens is 2. The van der Waals surface area contributed by atoms with Crippen LogP contribution in [0.4, 0.5) is 0 Å². The summed E-state index contributed by atoms with van der Waals surface area (Å²) in [6.07, 6.45) is 9.47. The maximum atomic E-state index is 12.3. The van der Waals surface area contributed by atoms with Gasteiger partial charge in [-0.25, -0.2) is 4.98 Å². The molecule has 104 valence electrons. The molecule has 1 amide bonds. The number of H-pyrrole nitrogens is 1. The van der Waals surface area contributed by atoms with E-state index in [0.29, 0.717) is 11.8 Å². The second-order valence-corrected chi connectivity index (χ2v) is 5.93. The smallest absolute Gasteiger partial charge is 0.223 e. The first kappa shape index (κ1) is 13.0. The Morgan fingerprint density at radius 3 is 3.11 bits per heavy atom. The van der Waals surface area contributed by atoms with Gasteiger partial charge in [0.1, 0.15) is 0 Å². The van der Waals surface area contributed by atoms with Crippen molar-refractivity contribution in [3.8, 4) is 0 Å². The minimum absolute atomic E-state index is 0. The monoisotopic (exact) mass is 281 g/mol. The fourth-order valence-electron chi connectivity index (χ4n) is 4.49. The molecule has 1 N–H and O–H groups in total. The number of carbonyl (C=O) groups is 1. The fourth-order valence-corrected chi connectivity index (χ4v) is 4.49. The van der Waals surface area contributed by atoms with Crippen LogP contribution >= 0.6 is 12.4 Å². The Balaban J connectivity index is 0.00000110. The van der Waals surface area contributed by atoms with Crippen LogP contribution in [0.5, 0.6) is 0 Å². The van der Waals surface area contributed by atoms with Crippen LogP contribution in [0.25, 0.3) is 0 Å². The SMILES string of the molecule is Cl.O=C1CCC2CCCCC23c2nc[nH]c2CCN13. The number of hydrogen-bond donors (Lipinski definition) is 1. The second-order valence-electron chi connectivity index (χ2n) is 5.93. The number of fused-ring (bicyclic) bond motifs is 1. The van der Waals surface area contributed by atoms with Gasteiger partial charge in [-0.15, -0.1) is 12.4 Å². The quantitative estimate of drug-likeness (QED) is 0.794. The molecule has 0 bridgehead atoms. The van der Waals surface area contributed by atoms with E-state index in [1.54, 1.807) is 0 Å². The Hall–Kier alpha value is -1.03. The van der Waals surface area contributed by atoms with Gasteiger partial charge < -0.3 is 9.88 Å². The summed E-state index contributed by atoms with van der Waals surface area (Å²) in [5, 5.41) is 0. The molecule has 2 fully saturated rings. The maximum absolute atomic E-state index is 12.3. The molecule has 1 spiro atoms. The highest BCUT2D eigenvalue weighted by molar-refractivity contribution is 5.85. The van der Waals surface area contributed by atoms with Gasteiger partial charge >= 0.3 is 0 Å². The number of nitrogens with one attached hydrogen (secondary N) is 1. The van der Waals surface area contributed by atoms with Gasteiger partial charge in [0, 0.05) is 25.1 Å². The number of imidazole rings is 1. The Labute approximate surface area is 119 Å². The molecule has 4 rings (SSSR count). The van der Waals surface area contributed by atoms with Gasteiger partial charge in [-0.1, -0.05) is 12.8 Å². The third-order valence-electron chi connectivity index (χ3n) is 5.24. The Morgan fingerprint density at radius 1 is 1.32 bits per heavy atom. The van der Waals surface area contributed by atoms with E-state index in [0.717, 1.165) is 32.2 Å². The molecular formula is C14H20ClN3O. The molecule has 5 heteroatoms. The Bertz CT molecular complexity index is 501. The molecule has 0 aromatic carbocycles. The average molecular weight is 282 g/mol. The highest BCUT2D eigenvalue weighted by Gasteiger charge is 2.54. The van der Waals surface area contributed by atoms with Gasteiger partial charge in [0.2, 0.25) is 5.91 Å². The van der Waals surface area contributed by atoms with Crippen LogP contribution in [0.15, 0.2) is 6.33 Å². The summed E-state index contributed by atoms with van der Waals surface area (Å²) in [6, 6.07) is 0. The fraction of sp³-hybridized carbons (Fsp3) is 0.714. The minimum Gasteiger partial charge on any atom is -0.348 e. The third-order valence-corrected chi connectivity index (χ3v) is 5.24. The number of carbonyl (C=O) groups excluding carboxylic acids is 1. The number of rotatable bonds is 0.